The van der Waals surface area contributed by atoms with E-state index >= 15 is 0 Å². The van der Waals surface area contributed by atoms with Gasteiger partial charge in [-0.25, -0.2) is 12.8 Å². The summed E-state index contributed by atoms with van der Waals surface area (Å²) in [6, 6.07) is 3.50. The zero-order chi connectivity index (χ0) is 14.3. The lowest BCUT2D eigenvalue weighted by Crippen LogP contribution is -2.33. The van der Waals surface area contributed by atoms with Crippen LogP contribution in [0.5, 0.6) is 5.75 Å². The topological polar surface area (TPSA) is 66.8 Å². The number of ether oxygens (including phenoxy) is 1. The minimum absolute atomic E-state index is 0.00707. The van der Waals surface area contributed by atoms with Gasteiger partial charge >= 0.3 is 0 Å². The molecule has 0 spiro atoms. The molecule has 1 heterocycles. The van der Waals surface area contributed by atoms with Crippen LogP contribution in [-0.2, 0) is 10.0 Å². The Kier molecular flexibility index (Phi) is 3.55. The Labute approximate surface area is 111 Å². The zero-order valence-electron chi connectivity index (χ0n) is 10.8. The molecule has 0 bridgehead atoms. The predicted molar refractivity (Wildman–Crippen MR) is 67.0 cm³/mol. The van der Waals surface area contributed by atoms with Gasteiger partial charge < -0.3 is 9.84 Å². The highest BCUT2D eigenvalue weighted by Crippen LogP contribution is 2.28. The number of hydrogen-bond acceptors (Lipinski definition) is 4. The van der Waals surface area contributed by atoms with Gasteiger partial charge in [-0.15, -0.1) is 0 Å². The molecular formula is C12H16FNO4S. The summed E-state index contributed by atoms with van der Waals surface area (Å²) < 4.78 is 44.0. The lowest BCUT2D eigenvalue weighted by Gasteiger charge is -2.19. The number of aliphatic hydroxyl groups is 1. The van der Waals surface area contributed by atoms with Gasteiger partial charge in [-0.2, -0.15) is 4.31 Å². The summed E-state index contributed by atoms with van der Waals surface area (Å²) in [4.78, 5) is -0.136. The average Bonchev–Trinajstić information content (AvgIpc) is 2.70. The number of sulfonamides is 1. The van der Waals surface area contributed by atoms with Crippen molar-refractivity contribution in [1.82, 2.24) is 4.31 Å². The smallest absolute Gasteiger partial charge is 0.243 e. The summed E-state index contributed by atoms with van der Waals surface area (Å²) in [6.07, 6.45) is 0.366. The van der Waals surface area contributed by atoms with E-state index in [4.69, 9.17) is 4.74 Å². The van der Waals surface area contributed by atoms with Crippen molar-refractivity contribution in [2.75, 3.05) is 20.2 Å². The van der Waals surface area contributed by atoms with Crippen LogP contribution in [0.3, 0.4) is 0 Å². The van der Waals surface area contributed by atoms with E-state index in [1.165, 1.54) is 19.2 Å². The van der Waals surface area contributed by atoms with Crippen molar-refractivity contribution >= 4 is 10.0 Å². The van der Waals surface area contributed by atoms with Gasteiger partial charge in [0.25, 0.3) is 0 Å². The summed E-state index contributed by atoms with van der Waals surface area (Å²) in [7, 11) is -2.47. The first kappa shape index (κ1) is 14.2. The number of halogens is 1. The molecule has 0 radical (unpaired) electrons. The molecule has 1 aliphatic heterocycles. The summed E-state index contributed by atoms with van der Waals surface area (Å²) in [6.45, 7) is 1.82. The Morgan fingerprint density at radius 3 is 2.63 bits per heavy atom. The molecule has 0 amide bonds. The molecule has 1 aromatic rings. The van der Waals surface area contributed by atoms with Crippen LogP contribution in [0.4, 0.5) is 4.39 Å². The first-order valence-electron chi connectivity index (χ1n) is 5.82. The summed E-state index contributed by atoms with van der Waals surface area (Å²) in [5.41, 5.74) is -1.03. The van der Waals surface area contributed by atoms with Crippen LogP contribution in [0, 0.1) is 5.82 Å². The summed E-state index contributed by atoms with van der Waals surface area (Å²) in [5, 5.41) is 9.81. The van der Waals surface area contributed by atoms with Crippen LogP contribution in [-0.4, -0.2) is 43.6 Å². The molecule has 1 saturated heterocycles. The fourth-order valence-electron chi connectivity index (χ4n) is 2.07. The molecule has 1 N–H and O–H groups in total. The average molecular weight is 289 g/mol. The zero-order valence-corrected chi connectivity index (χ0v) is 11.6. The number of β-amino-alcohol motifs (C(OH)–C–C–N with tert-alkyl or cyclic N) is 1. The van der Waals surface area contributed by atoms with Gasteiger partial charge in [0.15, 0.2) is 11.6 Å². The number of nitrogens with zero attached hydrogens (tertiary/aromatic N) is 1. The fraction of sp³-hybridized carbons (Fsp3) is 0.500. The first-order valence-corrected chi connectivity index (χ1v) is 7.26. The van der Waals surface area contributed by atoms with Crippen LogP contribution in [0.2, 0.25) is 0 Å². The van der Waals surface area contributed by atoms with E-state index in [1.807, 2.05) is 0 Å². The highest BCUT2D eigenvalue weighted by molar-refractivity contribution is 7.89. The molecular weight excluding hydrogens is 273 g/mol. The van der Waals surface area contributed by atoms with Crippen molar-refractivity contribution in [2.45, 2.75) is 23.8 Å². The Balaban J connectivity index is 2.33. The summed E-state index contributed by atoms with van der Waals surface area (Å²) >= 11 is 0. The molecule has 1 fully saturated rings. The highest BCUT2D eigenvalue weighted by atomic mass is 32.2. The number of benzene rings is 1. The van der Waals surface area contributed by atoms with Crippen LogP contribution in [0.25, 0.3) is 0 Å². The van der Waals surface area contributed by atoms with E-state index < -0.39 is 21.4 Å². The maximum atomic E-state index is 13.6. The molecule has 0 saturated carbocycles. The minimum Gasteiger partial charge on any atom is -0.494 e. The van der Waals surface area contributed by atoms with E-state index in [2.05, 4.69) is 0 Å². The third-order valence-corrected chi connectivity index (χ3v) is 5.02. The standard InChI is InChI=1S/C12H16FNO4S/c1-12(15)5-6-14(8-12)19(16,17)9-3-4-11(18-2)10(13)7-9/h3-4,7,15H,5-6,8H2,1-2H3. The lowest BCUT2D eigenvalue weighted by atomic mass is 10.1. The molecule has 19 heavy (non-hydrogen) atoms. The van der Waals surface area contributed by atoms with Gasteiger partial charge in [-0.05, 0) is 31.5 Å². The minimum atomic E-state index is -3.78. The molecule has 1 aromatic carbocycles. The molecule has 2 rings (SSSR count). The normalized spacial score (nSPS) is 24.6. The van der Waals surface area contributed by atoms with Crippen LogP contribution < -0.4 is 4.74 Å². The molecule has 0 aromatic heterocycles. The maximum absolute atomic E-state index is 13.6. The van der Waals surface area contributed by atoms with Gasteiger partial charge in [-0.1, -0.05) is 0 Å². The molecule has 1 atom stereocenters. The van der Waals surface area contributed by atoms with E-state index in [1.54, 1.807) is 6.92 Å². The van der Waals surface area contributed by atoms with Crippen molar-refractivity contribution in [2.24, 2.45) is 0 Å². The molecule has 0 aliphatic carbocycles. The van der Waals surface area contributed by atoms with Crippen molar-refractivity contribution in [1.29, 1.82) is 0 Å². The molecule has 7 heteroatoms. The van der Waals surface area contributed by atoms with Crippen molar-refractivity contribution in [3.8, 4) is 5.75 Å². The molecule has 1 aliphatic rings. The third kappa shape index (κ3) is 2.72. The van der Waals surface area contributed by atoms with Crippen molar-refractivity contribution in [3.05, 3.63) is 24.0 Å². The van der Waals surface area contributed by atoms with Crippen LogP contribution in [0.1, 0.15) is 13.3 Å². The Morgan fingerprint density at radius 2 is 2.16 bits per heavy atom. The first-order chi connectivity index (χ1) is 8.76. The molecule has 106 valence electrons. The largest absolute Gasteiger partial charge is 0.494 e. The van der Waals surface area contributed by atoms with Crippen LogP contribution >= 0.6 is 0 Å². The summed E-state index contributed by atoms with van der Waals surface area (Å²) in [5.74, 6) is -0.734. The molecule has 1 unspecified atom stereocenters. The quantitative estimate of drug-likeness (QED) is 0.901. The van der Waals surface area contributed by atoms with Crippen molar-refractivity contribution < 1.29 is 22.7 Å². The third-order valence-electron chi connectivity index (χ3n) is 3.18. The second-order valence-corrected chi connectivity index (χ2v) is 6.82. The Bertz CT molecular complexity index is 585. The second kappa shape index (κ2) is 4.73. The maximum Gasteiger partial charge on any atom is 0.243 e. The lowest BCUT2D eigenvalue weighted by molar-refractivity contribution is 0.0762. The van der Waals surface area contributed by atoms with Crippen LogP contribution in [0.15, 0.2) is 23.1 Å². The Morgan fingerprint density at radius 1 is 1.47 bits per heavy atom. The van der Waals surface area contributed by atoms with E-state index in [0.717, 1.165) is 10.4 Å². The number of rotatable bonds is 3. The van der Waals surface area contributed by atoms with Gasteiger partial charge in [0.1, 0.15) is 0 Å². The van der Waals surface area contributed by atoms with E-state index in [0.29, 0.717) is 6.42 Å². The SMILES string of the molecule is COc1ccc(S(=O)(=O)N2CCC(C)(O)C2)cc1F. The number of methoxy groups -OCH3 is 1. The predicted octanol–water partition coefficient (Wildman–Crippen LogP) is 0.980. The van der Waals surface area contributed by atoms with Gasteiger partial charge in [0.2, 0.25) is 10.0 Å². The van der Waals surface area contributed by atoms with Gasteiger partial charge in [-0.3, -0.25) is 0 Å². The number of hydrogen-bond donors (Lipinski definition) is 1. The van der Waals surface area contributed by atoms with Crippen molar-refractivity contribution in [3.63, 3.8) is 0 Å². The highest BCUT2D eigenvalue weighted by Gasteiger charge is 2.38. The Hall–Kier alpha value is -1.18. The monoisotopic (exact) mass is 289 g/mol. The van der Waals surface area contributed by atoms with E-state index in [9.17, 15) is 17.9 Å². The van der Waals surface area contributed by atoms with E-state index in [-0.39, 0.29) is 23.7 Å². The van der Waals surface area contributed by atoms with Gasteiger partial charge in [0, 0.05) is 13.1 Å². The second-order valence-electron chi connectivity index (χ2n) is 4.88. The van der Waals surface area contributed by atoms with Gasteiger partial charge in [0.05, 0.1) is 17.6 Å². The fourth-order valence-corrected chi connectivity index (χ4v) is 3.64. The molecule has 5 nitrogen and oxygen atoms in total.